The van der Waals surface area contributed by atoms with Gasteiger partial charge in [0.15, 0.2) is 11.5 Å². The van der Waals surface area contributed by atoms with Crippen LogP contribution in [0.1, 0.15) is 83.8 Å². The molecule has 0 bridgehead atoms. The highest BCUT2D eigenvalue weighted by Gasteiger charge is 2.32. The standard InChI is InChI=1S/C54H42O9/c55-49(26-28-52(56)59-30-46-40-19-7-1-13-34(40)35-14-2-8-20-41(35)46)33-25-27-50(62-53(57)60-31-47-42-21-9-3-15-36(42)37-16-4-10-22-43(37)47)51(29-33)63-54(58)61-32-48-44-23-11-5-17-38(44)39-18-6-12-24-45(39)48/h1-25,27,29,46-49,55H,26,28,30-32H2/i25D,26D2,27D,29D,49D. The maximum absolute atomic E-state index is 13.7. The van der Waals surface area contributed by atoms with Gasteiger partial charge < -0.3 is 28.8 Å². The number of hydrogen-bond donors (Lipinski definition) is 1. The Labute approximate surface area is 372 Å². The fourth-order valence-corrected chi connectivity index (χ4v) is 8.96. The van der Waals surface area contributed by atoms with E-state index in [0.29, 0.717) is 0 Å². The summed E-state index contributed by atoms with van der Waals surface area (Å²) in [5, 5.41) is 11.8. The van der Waals surface area contributed by atoms with E-state index in [1.807, 2.05) is 146 Å². The van der Waals surface area contributed by atoms with Gasteiger partial charge in [0.25, 0.3) is 0 Å². The molecule has 0 aromatic heterocycles. The molecule has 7 aromatic carbocycles. The van der Waals surface area contributed by atoms with Crippen LogP contribution in [-0.2, 0) is 19.0 Å². The Bertz CT molecular complexity index is 3070. The van der Waals surface area contributed by atoms with Crippen LogP contribution < -0.4 is 9.47 Å². The Kier molecular flexibility index (Phi) is 9.01. The highest BCUT2D eigenvalue weighted by Crippen LogP contribution is 2.47. The van der Waals surface area contributed by atoms with Gasteiger partial charge in [0.2, 0.25) is 0 Å². The zero-order chi connectivity index (χ0) is 48.2. The second kappa shape index (κ2) is 17.1. The van der Waals surface area contributed by atoms with Crippen molar-refractivity contribution in [1.82, 2.24) is 0 Å². The minimum atomic E-state index is -3.63. The molecule has 1 N–H and O–H groups in total. The normalized spacial score (nSPS) is 15.8. The van der Waals surface area contributed by atoms with Crippen LogP contribution in [0, 0.1) is 0 Å². The molecule has 7 aromatic rings. The summed E-state index contributed by atoms with van der Waals surface area (Å²) in [4.78, 5) is 40.7. The van der Waals surface area contributed by atoms with Gasteiger partial charge in [-0.05, 0) is 90.8 Å². The molecule has 10 rings (SSSR count). The zero-order valence-electron chi connectivity index (χ0n) is 39.6. The number of carbonyl (C=O) groups is 3. The molecule has 1 unspecified atom stereocenters. The number of rotatable bonds is 12. The first kappa shape index (κ1) is 33.2. The number of ether oxygens (including phenoxy) is 5. The molecule has 63 heavy (non-hydrogen) atoms. The molecule has 0 amide bonds. The Morgan fingerprint density at radius 1 is 0.508 bits per heavy atom. The summed E-state index contributed by atoms with van der Waals surface area (Å²) in [5.41, 5.74) is 9.89. The van der Waals surface area contributed by atoms with E-state index >= 15 is 0 Å². The van der Waals surface area contributed by atoms with E-state index in [-0.39, 0.29) is 25.7 Å². The van der Waals surface area contributed by atoms with Gasteiger partial charge in [-0.15, -0.1) is 0 Å². The lowest BCUT2D eigenvalue weighted by molar-refractivity contribution is -0.144. The van der Waals surface area contributed by atoms with Gasteiger partial charge in [-0.3, -0.25) is 4.79 Å². The van der Waals surface area contributed by atoms with Gasteiger partial charge in [-0.25, -0.2) is 9.59 Å². The monoisotopic (exact) mass is 840 g/mol. The predicted octanol–water partition coefficient (Wildman–Crippen LogP) is 11.5. The van der Waals surface area contributed by atoms with E-state index in [9.17, 15) is 20.9 Å². The maximum atomic E-state index is 13.7. The predicted molar refractivity (Wildman–Crippen MR) is 237 cm³/mol. The summed E-state index contributed by atoms with van der Waals surface area (Å²) in [6.07, 6.45) is -11.0. The first-order valence-electron chi connectivity index (χ1n) is 23.5. The molecule has 3 aliphatic carbocycles. The summed E-state index contributed by atoms with van der Waals surface area (Å²) >= 11 is 0. The van der Waals surface area contributed by atoms with Crippen molar-refractivity contribution in [3.05, 3.63) is 203 Å². The van der Waals surface area contributed by atoms with Crippen LogP contribution in [0.15, 0.2) is 164 Å². The minimum absolute atomic E-state index is 0.191. The average molecular weight is 841 g/mol. The van der Waals surface area contributed by atoms with Crippen molar-refractivity contribution in [3.63, 3.8) is 0 Å². The zero-order valence-corrected chi connectivity index (χ0v) is 33.6. The van der Waals surface area contributed by atoms with Crippen LogP contribution in [0.2, 0.25) is 0 Å². The molecule has 0 aliphatic heterocycles. The van der Waals surface area contributed by atoms with Gasteiger partial charge in [0.05, 0.1) is 11.6 Å². The smallest absolute Gasteiger partial charge is 0.465 e. The molecule has 0 saturated carbocycles. The molecule has 0 saturated heterocycles. The first-order valence-corrected chi connectivity index (χ1v) is 20.5. The number of benzene rings is 7. The van der Waals surface area contributed by atoms with Crippen LogP contribution in [0.4, 0.5) is 9.59 Å². The van der Waals surface area contributed by atoms with Gasteiger partial charge in [-0.1, -0.05) is 152 Å². The third-order valence-corrected chi connectivity index (χ3v) is 11.8. The molecule has 0 spiro atoms. The minimum Gasteiger partial charge on any atom is -0.465 e. The molecule has 3 aliphatic rings. The third kappa shape index (κ3) is 7.72. The van der Waals surface area contributed by atoms with Crippen LogP contribution in [-0.4, -0.2) is 43.2 Å². The van der Waals surface area contributed by atoms with Crippen molar-refractivity contribution in [1.29, 1.82) is 0 Å². The Hall–Kier alpha value is -7.49. The van der Waals surface area contributed by atoms with E-state index in [0.717, 1.165) is 66.8 Å². The van der Waals surface area contributed by atoms with Crippen molar-refractivity contribution in [2.24, 2.45) is 0 Å². The number of carbonyl (C=O) groups excluding carboxylic acids is 3. The molecule has 312 valence electrons. The molecule has 0 heterocycles. The Morgan fingerprint density at radius 2 is 0.841 bits per heavy atom. The largest absolute Gasteiger partial charge is 0.514 e. The van der Waals surface area contributed by atoms with Crippen LogP contribution >= 0.6 is 0 Å². The first-order chi connectivity index (χ1) is 33.2. The Morgan fingerprint density at radius 3 is 1.22 bits per heavy atom. The van der Waals surface area contributed by atoms with E-state index in [4.69, 9.17) is 30.5 Å². The summed E-state index contributed by atoms with van der Waals surface area (Å²) in [7, 11) is 0. The summed E-state index contributed by atoms with van der Waals surface area (Å²) in [5.74, 6) is -4.36. The van der Waals surface area contributed by atoms with Crippen molar-refractivity contribution in [3.8, 4) is 44.9 Å². The fraction of sp³-hybridized carbons (Fsp3) is 0.167. The maximum Gasteiger partial charge on any atom is 0.514 e. The number of fused-ring (bicyclic) bond motifs is 9. The molecular weight excluding hydrogens is 793 g/mol. The van der Waals surface area contributed by atoms with Gasteiger partial charge in [-0.2, -0.15) is 0 Å². The van der Waals surface area contributed by atoms with Crippen LogP contribution in [0.5, 0.6) is 11.5 Å². The molecule has 1 atom stereocenters. The van der Waals surface area contributed by atoms with Gasteiger partial charge >= 0.3 is 18.3 Å². The molecular formula is C54H42O9. The third-order valence-electron chi connectivity index (χ3n) is 11.8. The van der Waals surface area contributed by atoms with E-state index < -0.39 is 84.2 Å². The average Bonchev–Trinajstić information content (AvgIpc) is 3.97. The topological polar surface area (TPSA) is 118 Å². The summed E-state index contributed by atoms with van der Waals surface area (Å²) in [6, 6.07) is 42.2. The number of esters is 1. The Balaban J connectivity index is 0.922. The lowest BCUT2D eigenvalue weighted by atomic mass is 9.98. The summed E-state index contributed by atoms with van der Waals surface area (Å²) in [6.45, 7) is -0.681. The lowest BCUT2D eigenvalue weighted by Gasteiger charge is -2.18. The molecule has 0 fully saturated rings. The van der Waals surface area contributed by atoms with E-state index in [1.165, 1.54) is 0 Å². The second-order valence-electron chi connectivity index (χ2n) is 15.3. The van der Waals surface area contributed by atoms with E-state index in [2.05, 4.69) is 0 Å². The van der Waals surface area contributed by atoms with Gasteiger partial charge in [0.1, 0.15) is 19.8 Å². The van der Waals surface area contributed by atoms with Crippen molar-refractivity contribution < 1.29 is 51.4 Å². The van der Waals surface area contributed by atoms with Crippen molar-refractivity contribution in [2.45, 2.75) is 36.6 Å². The highest BCUT2D eigenvalue weighted by molar-refractivity contribution is 5.81. The van der Waals surface area contributed by atoms with Crippen molar-refractivity contribution in [2.75, 3.05) is 19.8 Å². The lowest BCUT2D eigenvalue weighted by Crippen LogP contribution is -2.18. The molecule has 0 radical (unpaired) electrons. The fourth-order valence-electron chi connectivity index (χ4n) is 8.96. The number of hydrogen-bond acceptors (Lipinski definition) is 9. The molecule has 9 nitrogen and oxygen atoms in total. The molecule has 9 heteroatoms. The van der Waals surface area contributed by atoms with Crippen LogP contribution in [0.3, 0.4) is 0 Å². The highest BCUT2D eigenvalue weighted by atomic mass is 16.7. The quantitative estimate of drug-likeness (QED) is 0.0729. The second-order valence-corrected chi connectivity index (χ2v) is 15.3. The van der Waals surface area contributed by atoms with E-state index in [1.54, 1.807) is 0 Å². The number of aliphatic hydroxyl groups is 1. The summed E-state index contributed by atoms with van der Waals surface area (Å²) < 4.78 is 81.5. The van der Waals surface area contributed by atoms with Gasteiger partial charge in [0, 0.05) is 26.9 Å². The van der Waals surface area contributed by atoms with Crippen molar-refractivity contribution >= 4 is 18.3 Å². The van der Waals surface area contributed by atoms with Crippen LogP contribution in [0.25, 0.3) is 33.4 Å². The SMILES string of the molecule is [2H]c1c([2H])c(C([2H])(O)C([2H])([2H])CC(=O)OCC2c3ccccc3-c3ccccc32)c([2H])c(OC(=O)OCC2c3ccccc3-c3ccccc32)c1OC(=O)OCC1c2ccccc2-c2ccccc21.